The van der Waals surface area contributed by atoms with Crippen molar-refractivity contribution in [3.8, 4) is 5.75 Å². The first-order valence-electron chi connectivity index (χ1n) is 4.73. The zero-order chi connectivity index (χ0) is 10.8. The number of hydrogen-bond donors (Lipinski definition) is 2. The van der Waals surface area contributed by atoms with Gasteiger partial charge in [-0.1, -0.05) is 12.1 Å². The molecule has 0 saturated carbocycles. The van der Waals surface area contributed by atoms with E-state index in [1.165, 1.54) is 0 Å². The minimum atomic E-state index is 0.269. The molecule has 0 aliphatic heterocycles. The molecule has 0 unspecified atom stereocenters. The number of aryl methyl sites for hydroxylation is 1. The first-order valence-corrected chi connectivity index (χ1v) is 4.73. The summed E-state index contributed by atoms with van der Waals surface area (Å²) in [5.41, 5.74) is 7.59. The Balaban J connectivity index is 2.25. The van der Waals surface area contributed by atoms with E-state index in [1.807, 2.05) is 29.8 Å². The molecule has 3 N–H and O–H groups in total. The lowest BCUT2D eigenvalue weighted by atomic mass is 10.2. The van der Waals surface area contributed by atoms with Crippen LogP contribution in [0.1, 0.15) is 11.3 Å². The van der Waals surface area contributed by atoms with Gasteiger partial charge in [-0.2, -0.15) is 5.10 Å². The van der Waals surface area contributed by atoms with Gasteiger partial charge >= 0.3 is 0 Å². The summed E-state index contributed by atoms with van der Waals surface area (Å²) in [6, 6.07) is 8.94. The highest BCUT2D eigenvalue weighted by Gasteiger charge is 2.02. The van der Waals surface area contributed by atoms with E-state index in [-0.39, 0.29) is 5.75 Å². The maximum absolute atomic E-state index is 9.31. The van der Waals surface area contributed by atoms with Crippen molar-refractivity contribution in [2.24, 2.45) is 0 Å². The van der Waals surface area contributed by atoms with Crippen LogP contribution in [-0.4, -0.2) is 14.9 Å². The Hall–Kier alpha value is -1.97. The summed E-state index contributed by atoms with van der Waals surface area (Å²) in [7, 11) is 0. The summed E-state index contributed by atoms with van der Waals surface area (Å²) in [5, 5.41) is 13.5. The van der Waals surface area contributed by atoms with E-state index in [0.717, 1.165) is 11.3 Å². The Morgan fingerprint density at radius 3 is 2.80 bits per heavy atom. The molecule has 0 saturated heterocycles. The SMILES string of the molecule is Cc1cc(N)nn1Cc1cccc(O)c1. The number of nitrogens with two attached hydrogens (primary N) is 1. The van der Waals surface area contributed by atoms with Crippen LogP contribution >= 0.6 is 0 Å². The van der Waals surface area contributed by atoms with Gasteiger partial charge in [-0.3, -0.25) is 4.68 Å². The fourth-order valence-electron chi connectivity index (χ4n) is 1.52. The second-order valence-electron chi connectivity index (χ2n) is 3.54. The van der Waals surface area contributed by atoms with Crippen molar-refractivity contribution in [3.63, 3.8) is 0 Å². The van der Waals surface area contributed by atoms with Gasteiger partial charge in [0.1, 0.15) is 11.6 Å². The van der Waals surface area contributed by atoms with Crippen LogP contribution in [0.15, 0.2) is 30.3 Å². The van der Waals surface area contributed by atoms with Crippen molar-refractivity contribution in [1.82, 2.24) is 9.78 Å². The predicted molar refractivity (Wildman–Crippen MR) is 58.6 cm³/mol. The zero-order valence-electron chi connectivity index (χ0n) is 8.51. The molecule has 2 aromatic rings. The highest BCUT2D eigenvalue weighted by Crippen LogP contribution is 2.13. The quantitative estimate of drug-likeness (QED) is 0.778. The number of nitrogens with zero attached hydrogens (tertiary/aromatic N) is 2. The smallest absolute Gasteiger partial charge is 0.145 e. The summed E-state index contributed by atoms with van der Waals surface area (Å²) in [6.07, 6.45) is 0. The number of rotatable bonds is 2. The summed E-state index contributed by atoms with van der Waals surface area (Å²) in [4.78, 5) is 0. The highest BCUT2D eigenvalue weighted by atomic mass is 16.3. The molecule has 0 radical (unpaired) electrons. The number of phenolic OH excluding ortho intramolecular Hbond substituents is 1. The van der Waals surface area contributed by atoms with E-state index in [0.29, 0.717) is 12.4 Å². The van der Waals surface area contributed by atoms with Crippen LogP contribution in [-0.2, 0) is 6.54 Å². The zero-order valence-corrected chi connectivity index (χ0v) is 8.51. The molecule has 4 nitrogen and oxygen atoms in total. The number of aromatic hydroxyl groups is 1. The largest absolute Gasteiger partial charge is 0.508 e. The van der Waals surface area contributed by atoms with Gasteiger partial charge in [0.15, 0.2) is 0 Å². The Kier molecular flexibility index (Phi) is 2.33. The average Bonchev–Trinajstić information content (AvgIpc) is 2.45. The number of phenols is 1. The standard InChI is InChI=1S/C11H13N3O/c1-8-5-11(12)13-14(8)7-9-3-2-4-10(15)6-9/h2-6,15H,7H2,1H3,(H2,12,13). The first-order chi connectivity index (χ1) is 7.15. The van der Waals surface area contributed by atoms with Crippen LogP contribution < -0.4 is 5.73 Å². The molecule has 0 fully saturated rings. The van der Waals surface area contributed by atoms with E-state index in [9.17, 15) is 5.11 Å². The molecule has 0 amide bonds. The second-order valence-corrected chi connectivity index (χ2v) is 3.54. The van der Waals surface area contributed by atoms with E-state index >= 15 is 0 Å². The molecule has 4 heteroatoms. The third-order valence-corrected chi connectivity index (χ3v) is 2.24. The molecule has 0 spiro atoms. The summed E-state index contributed by atoms with van der Waals surface area (Å²) in [5.74, 6) is 0.790. The van der Waals surface area contributed by atoms with Crippen molar-refractivity contribution in [3.05, 3.63) is 41.6 Å². The first kappa shape index (κ1) is 9.58. The minimum Gasteiger partial charge on any atom is -0.508 e. The number of hydrogen-bond acceptors (Lipinski definition) is 3. The van der Waals surface area contributed by atoms with Gasteiger partial charge < -0.3 is 10.8 Å². The van der Waals surface area contributed by atoms with E-state index < -0.39 is 0 Å². The predicted octanol–water partition coefficient (Wildman–Crippen LogP) is 1.53. The molecule has 78 valence electrons. The molecule has 0 bridgehead atoms. The van der Waals surface area contributed by atoms with Crippen LogP contribution in [0.25, 0.3) is 0 Å². The van der Waals surface area contributed by atoms with Crippen LogP contribution in [0.2, 0.25) is 0 Å². The average molecular weight is 203 g/mol. The molecule has 1 heterocycles. The molecule has 2 rings (SSSR count). The lowest BCUT2D eigenvalue weighted by Gasteiger charge is -2.04. The minimum absolute atomic E-state index is 0.269. The van der Waals surface area contributed by atoms with Gasteiger partial charge in [0.25, 0.3) is 0 Å². The maximum Gasteiger partial charge on any atom is 0.145 e. The third kappa shape index (κ3) is 2.10. The molecule has 1 aromatic carbocycles. The molecule has 1 aromatic heterocycles. The molecular weight excluding hydrogens is 190 g/mol. The maximum atomic E-state index is 9.31. The van der Waals surface area contributed by atoms with Gasteiger partial charge in [-0.25, -0.2) is 0 Å². The molecular formula is C11H13N3O. The Bertz CT molecular complexity index is 476. The van der Waals surface area contributed by atoms with Gasteiger partial charge in [0.2, 0.25) is 0 Å². The molecule has 0 aliphatic rings. The van der Waals surface area contributed by atoms with Gasteiger partial charge in [-0.15, -0.1) is 0 Å². The molecule has 0 atom stereocenters. The molecule has 15 heavy (non-hydrogen) atoms. The van der Waals surface area contributed by atoms with Crippen LogP contribution in [0, 0.1) is 6.92 Å². The van der Waals surface area contributed by atoms with E-state index in [1.54, 1.807) is 12.1 Å². The van der Waals surface area contributed by atoms with Crippen molar-refractivity contribution in [1.29, 1.82) is 0 Å². The Morgan fingerprint density at radius 2 is 2.20 bits per heavy atom. The summed E-state index contributed by atoms with van der Waals surface area (Å²) in [6.45, 7) is 2.57. The van der Waals surface area contributed by atoms with Crippen LogP contribution in [0.3, 0.4) is 0 Å². The number of benzene rings is 1. The fraction of sp³-hybridized carbons (Fsp3) is 0.182. The number of aromatic nitrogens is 2. The third-order valence-electron chi connectivity index (χ3n) is 2.24. The van der Waals surface area contributed by atoms with Crippen molar-refractivity contribution >= 4 is 5.82 Å². The van der Waals surface area contributed by atoms with Crippen molar-refractivity contribution in [2.45, 2.75) is 13.5 Å². The Labute approximate surface area is 88.0 Å². The number of nitrogen functional groups attached to an aromatic ring is 1. The molecule has 0 aliphatic carbocycles. The number of anilines is 1. The summed E-state index contributed by atoms with van der Waals surface area (Å²) < 4.78 is 1.81. The lowest BCUT2D eigenvalue weighted by molar-refractivity contribution is 0.474. The Morgan fingerprint density at radius 1 is 1.40 bits per heavy atom. The van der Waals surface area contributed by atoms with Crippen molar-refractivity contribution in [2.75, 3.05) is 5.73 Å². The highest BCUT2D eigenvalue weighted by molar-refractivity contribution is 5.31. The van der Waals surface area contributed by atoms with Crippen molar-refractivity contribution < 1.29 is 5.11 Å². The fourth-order valence-corrected chi connectivity index (χ4v) is 1.52. The van der Waals surface area contributed by atoms with Gasteiger partial charge in [-0.05, 0) is 24.6 Å². The van der Waals surface area contributed by atoms with Gasteiger partial charge in [0.05, 0.1) is 6.54 Å². The summed E-state index contributed by atoms with van der Waals surface area (Å²) >= 11 is 0. The normalized spacial score (nSPS) is 10.5. The van der Waals surface area contributed by atoms with E-state index in [4.69, 9.17) is 5.73 Å². The van der Waals surface area contributed by atoms with Crippen LogP contribution in [0.5, 0.6) is 5.75 Å². The van der Waals surface area contributed by atoms with Gasteiger partial charge in [0, 0.05) is 11.8 Å². The monoisotopic (exact) mass is 203 g/mol. The van der Waals surface area contributed by atoms with Crippen LogP contribution in [0.4, 0.5) is 5.82 Å². The topological polar surface area (TPSA) is 64.1 Å². The second kappa shape index (κ2) is 3.65. The lowest BCUT2D eigenvalue weighted by Crippen LogP contribution is -2.03. The van der Waals surface area contributed by atoms with E-state index in [2.05, 4.69) is 5.10 Å².